The van der Waals surface area contributed by atoms with Gasteiger partial charge in [-0.1, -0.05) is 11.6 Å². The van der Waals surface area contributed by atoms with Crippen LogP contribution in [0.15, 0.2) is 12.3 Å². The van der Waals surface area contributed by atoms with E-state index < -0.39 is 22.5 Å². The SMILES string of the molecule is CCOC(=O)CCN(C)C(=O)c1cc(Cl)ncc1[N+](=O)[O-]. The maximum Gasteiger partial charge on any atom is 0.307 e. The number of pyridine rings is 1. The summed E-state index contributed by atoms with van der Waals surface area (Å²) < 4.78 is 4.74. The summed E-state index contributed by atoms with van der Waals surface area (Å²) in [5.41, 5.74) is -0.612. The van der Waals surface area contributed by atoms with E-state index in [9.17, 15) is 19.7 Å². The molecule has 0 aliphatic heterocycles. The number of aromatic nitrogens is 1. The van der Waals surface area contributed by atoms with Crippen molar-refractivity contribution < 1.29 is 19.2 Å². The zero-order valence-electron chi connectivity index (χ0n) is 11.5. The van der Waals surface area contributed by atoms with Gasteiger partial charge >= 0.3 is 5.97 Å². The molecule has 9 heteroatoms. The Labute approximate surface area is 125 Å². The van der Waals surface area contributed by atoms with E-state index >= 15 is 0 Å². The topological polar surface area (TPSA) is 103 Å². The lowest BCUT2D eigenvalue weighted by Crippen LogP contribution is -2.30. The summed E-state index contributed by atoms with van der Waals surface area (Å²) in [6.07, 6.45) is 0.928. The van der Waals surface area contributed by atoms with Gasteiger partial charge in [0.15, 0.2) is 0 Å². The van der Waals surface area contributed by atoms with E-state index in [1.54, 1.807) is 6.92 Å². The van der Waals surface area contributed by atoms with Crippen LogP contribution in [0.4, 0.5) is 5.69 Å². The molecule has 114 valence electrons. The summed E-state index contributed by atoms with van der Waals surface area (Å²) in [6.45, 7) is 2.01. The molecule has 1 heterocycles. The Morgan fingerprint density at radius 1 is 1.52 bits per heavy atom. The van der Waals surface area contributed by atoms with E-state index in [4.69, 9.17) is 16.3 Å². The largest absolute Gasteiger partial charge is 0.466 e. The van der Waals surface area contributed by atoms with Crippen molar-refractivity contribution in [3.8, 4) is 0 Å². The number of carbonyl (C=O) groups is 2. The molecule has 0 radical (unpaired) electrons. The average Bonchev–Trinajstić information content (AvgIpc) is 2.43. The highest BCUT2D eigenvalue weighted by Gasteiger charge is 2.24. The number of amides is 1. The number of ether oxygens (including phenoxy) is 1. The minimum Gasteiger partial charge on any atom is -0.466 e. The van der Waals surface area contributed by atoms with Crippen LogP contribution >= 0.6 is 11.6 Å². The molecule has 0 aliphatic rings. The molecule has 21 heavy (non-hydrogen) atoms. The Bertz CT molecular complexity index is 564. The summed E-state index contributed by atoms with van der Waals surface area (Å²) in [5, 5.41) is 10.9. The second-order valence-electron chi connectivity index (χ2n) is 4.06. The predicted molar refractivity (Wildman–Crippen MR) is 74.1 cm³/mol. The van der Waals surface area contributed by atoms with Gasteiger partial charge in [0, 0.05) is 13.6 Å². The van der Waals surface area contributed by atoms with Gasteiger partial charge in [0.1, 0.15) is 16.9 Å². The van der Waals surface area contributed by atoms with E-state index in [0.717, 1.165) is 12.3 Å². The molecule has 0 bridgehead atoms. The third kappa shape index (κ3) is 4.67. The van der Waals surface area contributed by atoms with Gasteiger partial charge in [-0.2, -0.15) is 0 Å². The molecule has 1 aromatic heterocycles. The van der Waals surface area contributed by atoms with Crippen molar-refractivity contribution in [3.63, 3.8) is 0 Å². The van der Waals surface area contributed by atoms with Gasteiger partial charge in [-0.05, 0) is 13.0 Å². The maximum absolute atomic E-state index is 12.2. The number of carbonyl (C=O) groups excluding carboxylic acids is 2. The van der Waals surface area contributed by atoms with Crippen LogP contribution in [0.2, 0.25) is 5.15 Å². The summed E-state index contributed by atoms with van der Waals surface area (Å²) in [5.74, 6) is -1.06. The molecule has 0 aliphatic carbocycles. The molecule has 0 saturated carbocycles. The Hall–Kier alpha value is -2.22. The molecule has 0 spiro atoms. The van der Waals surface area contributed by atoms with Crippen LogP contribution in [0.5, 0.6) is 0 Å². The lowest BCUT2D eigenvalue weighted by atomic mass is 10.2. The minimum atomic E-state index is -0.713. The lowest BCUT2D eigenvalue weighted by molar-refractivity contribution is -0.385. The van der Waals surface area contributed by atoms with E-state index in [1.807, 2.05) is 0 Å². The van der Waals surface area contributed by atoms with Crippen molar-refractivity contribution in [2.75, 3.05) is 20.2 Å². The van der Waals surface area contributed by atoms with Gasteiger partial charge in [-0.25, -0.2) is 4.98 Å². The Morgan fingerprint density at radius 2 is 2.19 bits per heavy atom. The molecule has 0 N–H and O–H groups in total. The normalized spacial score (nSPS) is 10.0. The fourth-order valence-electron chi connectivity index (χ4n) is 1.54. The molecule has 0 unspecified atom stereocenters. The first-order valence-electron chi connectivity index (χ1n) is 6.07. The van der Waals surface area contributed by atoms with Crippen LogP contribution in [-0.2, 0) is 9.53 Å². The average molecular weight is 316 g/mol. The number of esters is 1. The van der Waals surface area contributed by atoms with Crippen molar-refractivity contribution in [1.82, 2.24) is 9.88 Å². The summed E-state index contributed by atoms with van der Waals surface area (Å²) in [7, 11) is 1.43. The van der Waals surface area contributed by atoms with Gasteiger partial charge in [-0.3, -0.25) is 19.7 Å². The summed E-state index contributed by atoms with van der Waals surface area (Å²) >= 11 is 5.66. The first-order valence-corrected chi connectivity index (χ1v) is 6.45. The standard InChI is InChI=1S/C12H14ClN3O5/c1-3-21-11(17)4-5-15(2)12(18)8-6-10(13)14-7-9(8)16(19)20/h6-7H,3-5H2,1-2H3. The first-order chi connectivity index (χ1) is 9.86. The van der Waals surface area contributed by atoms with Gasteiger partial charge in [0.2, 0.25) is 0 Å². The predicted octanol–water partition coefficient (Wildman–Crippen LogP) is 1.67. The van der Waals surface area contributed by atoms with Gasteiger partial charge in [-0.15, -0.1) is 0 Å². The second-order valence-corrected chi connectivity index (χ2v) is 4.45. The maximum atomic E-state index is 12.2. The third-order valence-electron chi connectivity index (χ3n) is 2.58. The monoisotopic (exact) mass is 315 g/mol. The lowest BCUT2D eigenvalue weighted by Gasteiger charge is -2.16. The van der Waals surface area contributed by atoms with Gasteiger partial charge in [0.25, 0.3) is 11.6 Å². The van der Waals surface area contributed by atoms with Crippen molar-refractivity contribution >= 4 is 29.2 Å². The van der Waals surface area contributed by atoms with Crippen LogP contribution in [-0.4, -0.2) is 46.9 Å². The molecule has 0 fully saturated rings. The molecule has 0 atom stereocenters. The summed E-state index contributed by atoms with van der Waals surface area (Å²) in [4.78, 5) is 38.4. The smallest absolute Gasteiger partial charge is 0.307 e. The quantitative estimate of drug-likeness (QED) is 0.342. The van der Waals surface area contributed by atoms with Crippen molar-refractivity contribution in [2.24, 2.45) is 0 Å². The highest BCUT2D eigenvalue weighted by molar-refractivity contribution is 6.29. The fourth-order valence-corrected chi connectivity index (χ4v) is 1.70. The Morgan fingerprint density at radius 3 is 2.76 bits per heavy atom. The van der Waals surface area contributed by atoms with Crippen LogP contribution in [0.25, 0.3) is 0 Å². The van der Waals surface area contributed by atoms with Crippen molar-refractivity contribution in [1.29, 1.82) is 0 Å². The number of nitrogens with zero attached hydrogens (tertiary/aromatic N) is 3. The van der Waals surface area contributed by atoms with Crippen LogP contribution in [0.1, 0.15) is 23.7 Å². The summed E-state index contributed by atoms with van der Waals surface area (Å²) in [6, 6.07) is 1.13. The van der Waals surface area contributed by atoms with E-state index in [1.165, 1.54) is 11.9 Å². The minimum absolute atomic E-state index is 0.00267. The van der Waals surface area contributed by atoms with E-state index in [2.05, 4.69) is 4.98 Å². The second kappa shape index (κ2) is 7.53. The zero-order chi connectivity index (χ0) is 16.0. The van der Waals surface area contributed by atoms with Crippen molar-refractivity contribution in [2.45, 2.75) is 13.3 Å². The molecule has 1 rings (SSSR count). The third-order valence-corrected chi connectivity index (χ3v) is 2.79. The number of rotatable bonds is 6. The Kier molecular flexibility index (Phi) is 6.04. The molecule has 0 saturated heterocycles. The van der Waals surface area contributed by atoms with Crippen LogP contribution < -0.4 is 0 Å². The van der Waals surface area contributed by atoms with E-state index in [-0.39, 0.29) is 30.3 Å². The van der Waals surface area contributed by atoms with Gasteiger partial charge in [0.05, 0.1) is 18.0 Å². The first kappa shape index (κ1) is 16.8. The molecule has 1 amide bonds. The van der Waals surface area contributed by atoms with Crippen LogP contribution in [0.3, 0.4) is 0 Å². The zero-order valence-corrected chi connectivity index (χ0v) is 12.3. The number of halogens is 1. The van der Waals surface area contributed by atoms with Crippen molar-refractivity contribution in [3.05, 3.63) is 33.1 Å². The number of hydrogen-bond donors (Lipinski definition) is 0. The molecule has 0 aromatic carbocycles. The molecular weight excluding hydrogens is 302 g/mol. The van der Waals surface area contributed by atoms with E-state index in [0.29, 0.717) is 0 Å². The Balaban J connectivity index is 2.85. The fraction of sp³-hybridized carbons (Fsp3) is 0.417. The molecular formula is C12H14ClN3O5. The molecule has 1 aromatic rings. The molecule has 8 nitrogen and oxygen atoms in total. The highest BCUT2D eigenvalue weighted by Crippen LogP contribution is 2.21. The van der Waals surface area contributed by atoms with Crippen LogP contribution in [0, 0.1) is 10.1 Å². The number of hydrogen-bond acceptors (Lipinski definition) is 6. The highest BCUT2D eigenvalue weighted by atomic mass is 35.5. The number of nitro groups is 1. The van der Waals surface area contributed by atoms with Gasteiger partial charge < -0.3 is 9.64 Å².